The number of fused-ring (bicyclic) bond motifs is 1. The number of anilines is 2. The van der Waals surface area contributed by atoms with Crippen LogP contribution in [0.25, 0.3) is 0 Å². The summed E-state index contributed by atoms with van der Waals surface area (Å²) in [5, 5.41) is 6.00. The van der Waals surface area contributed by atoms with Crippen LogP contribution >= 0.6 is 23.4 Å². The number of benzene rings is 2. The first-order valence-electron chi connectivity index (χ1n) is 11.4. The van der Waals surface area contributed by atoms with Crippen molar-refractivity contribution >= 4 is 52.6 Å². The third kappa shape index (κ3) is 5.85. The zero-order chi connectivity index (χ0) is 24.3. The topological polar surface area (TPSA) is 81.8 Å². The van der Waals surface area contributed by atoms with Crippen LogP contribution in [0.15, 0.2) is 53.4 Å². The molecule has 9 heteroatoms. The fourth-order valence-electron chi connectivity index (χ4n) is 4.38. The van der Waals surface area contributed by atoms with Crippen LogP contribution in [0.5, 0.6) is 0 Å². The van der Waals surface area contributed by atoms with Crippen molar-refractivity contribution in [3.05, 3.63) is 53.6 Å². The molecule has 0 aliphatic carbocycles. The summed E-state index contributed by atoms with van der Waals surface area (Å²) in [6.07, 6.45) is 2.03. The quantitative estimate of drug-likeness (QED) is 0.642. The molecule has 1 unspecified atom stereocenters. The average molecular weight is 501 g/mol. The first-order valence-corrected chi connectivity index (χ1v) is 12.7. The van der Waals surface area contributed by atoms with Crippen molar-refractivity contribution in [1.29, 1.82) is 0 Å². The summed E-state index contributed by atoms with van der Waals surface area (Å²) in [6.45, 7) is 5.64. The molecule has 0 spiro atoms. The number of para-hydroxylation sites is 1. The number of nitrogens with one attached hydrogen (secondary N) is 2. The van der Waals surface area contributed by atoms with E-state index in [-0.39, 0.29) is 23.8 Å². The maximum Gasteiger partial charge on any atom is 0.319 e. The molecule has 1 fully saturated rings. The molecule has 0 saturated carbocycles. The van der Waals surface area contributed by atoms with Crippen molar-refractivity contribution in [3.63, 3.8) is 0 Å². The predicted octanol–water partition coefficient (Wildman–Crippen LogP) is 4.62. The number of urea groups is 1. The van der Waals surface area contributed by atoms with E-state index < -0.39 is 12.1 Å². The fourth-order valence-corrected chi connectivity index (χ4v) is 5.65. The van der Waals surface area contributed by atoms with Crippen LogP contribution < -0.4 is 15.5 Å². The van der Waals surface area contributed by atoms with Gasteiger partial charge in [0, 0.05) is 34.4 Å². The van der Waals surface area contributed by atoms with Crippen LogP contribution in [-0.2, 0) is 9.59 Å². The summed E-state index contributed by atoms with van der Waals surface area (Å²) in [4.78, 5) is 43.7. The van der Waals surface area contributed by atoms with Crippen LogP contribution in [0.3, 0.4) is 0 Å². The van der Waals surface area contributed by atoms with Gasteiger partial charge in [-0.2, -0.15) is 0 Å². The number of likely N-dealkylation sites (tertiary alicyclic amines) is 1. The molecule has 1 atom stereocenters. The van der Waals surface area contributed by atoms with Crippen molar-refractivity contribution in [2.75, 3.05) is 35.6 Å². The number of rotatable bonds is 4. The Morgan fingerprint density at radius 3 is 2.74 bits per heavy atom. The number of hydrogen-bond donors (Lipinski definition) is 2. The highest BCUT2D eigenvalue weighted by Gasteiger charge is 2.35. The highest BCUT2D eigenvalue weighted by molar-refractivity contribution is 7.99. The maximum absolute atomic E-state index is 13.6. The Labute approximate surface area is 209 Å². The molecule has 0 aromatic heterocycles. The van der Waals surface area contributed by atoms with Gasteiger partial charge in [-0.25, -0.2) is 4.79 Å². The molecule has 2 aliphatic heterocycles. The number of thioether (sulfide) groups is 1. The summed E-state index contributed by atoms with van der Waals surface area (Å²) < 4.78 is 0. The second kappa shape index (κ2) is 10.3. The fraction of sp³-hybridized carbons (Fsp3) is 0.400. The Morgan fingerprint density at radius 1 is 1.18 bits per heavy atom. The van der Waals surface area contributed by atoms with Gasteiger partial charge in [-0.05, 0) is 48.6 Å². The minimum Gasteiger partial charge on any atom is -0.341 e. The zero-order valence-corrected chi connectivity index (χ0v) is 20.9. The molecule has 2 N–H and O–H groups in total. The average Bonchev–Trinajstić information content (AvgIpc) is 2.91. The van der Waals surface area contributed by atoms with Crippen LogP contribution in [0.1, 0.15) is 26.7 Å². The number of carbonyl (C=O) groups is 3. The Kier molecular flexibility index (Phi) is 7.38. The lowest BCUT2D eigenvalue weighted by molar-refractivity contribution is -0.134. The smallest absolute Gasteiger partial charge is 0.319 e. The van der Waals surface area contributed by atoms with Gasteiger partial charge in [0.05, 0.1) is 5.69 Å². The van der Waals surface area contributed by atoms with Crippen LogP contribution in [0, 0.1) is 5.41 Å². The molecule has 0 radical (unpaired) electrons. The van der Waals surface area contributed by atoms with E-state index >= 15 is 0 Å². The molecule has 0 bridgehead atoms. The van der Waals surface area contributed by atoms with Gasteiger partial charge in [0.25, 0.3) is 5.91 Å². The van der Waals surface area contributed by atoms with E-state index in [0.717, 1.165) is 17.7 Å². The molecule has 2 heterocycles. The molecule has 180 valence electrons. The molecule has 2 aliphatic rings. The minimum absolute atomic E-state index is 0.0550. The molecule has 34 heavy (non-hydrogen) atoms. The first kappa shape index (κ1) is 24.4. The standard InChI is InChI=1S/C25H29ClN4O3S/c1-25(2)11-6-12-29(16-25)22(31)14-30-20-9-3-4-10-21(20)34-15-19(23(30)32)28-24(33)27-18-8-5-7-17(26)13-18/h3-5,7-10,13,19H,6,11-12,14-16H2,1-2H3,(H2,27,28,33). The Morgan fingerprint density at radius 2 is 1.97 bits per heavy atom. The molecule has 4 amide bonds. The molecule has 2 aromatic rings. The summed E-state index contributed by atoms with van der Waals surface area (Å²) in [5.41, 5.74) is 1.29. The van der Waals surface area contributed by atoms with Crippen molar-refractivity contribution < 1.29 is 14.4 Å². The van der Waals surface area contributed by atoms with Crippen molar-refractivity contribution in [3.8, 4) is 0 Å². The number of nitrogens with zero attached hydrogens (tertiary/aromatic N) is 2. The Hall–Kier alpha value is -2.71. The number of carbonyl (C=O) groups excluding carboxylic acids is 3. The van der Waals surface area contributed by atoms with Gasteiger partial charge < -0.3 is 20.4 Å². The van der Waals surface area contributed by atoms with Crippen molar-refractivity contribution in [2.24, 2.45) is 5.41 Å². The number of hydrogen-bond acceptors (Lipinski definition) is 4. The molecular weight excluding hydrogens is 472 g/mol. The highest BCUT2D eigenvalue weighted by atomic mass is 35.5. The number of halogens is 1. The third-order valence-corrected chi connectivity index (χ3v) is 7.45. The van der Waals surface area contributed by atoms with Gasteiger partial charge in [0.2, 0.25) is 5.91 Å². The summed E-state index contributed by atoms with van der Waals surface area (Å²) in [7, 11) is 0. The van der Waals surface area contributed by atoms with E-state index in [1.807, 2.05) is 29.2 Å². The largest absolute Gasteiger partial charge is 0.341 e. The normalized spacial score (nSPS) is 19.7. The molecule has 1 saturated heterocycles. The highest BCUT2D eigenvalue weighted by Crippen LogP contribution is 2.35. The van der Waals surface area contributed by atoms with Crippen LogP contribution in [-0.4, -0.2) is 54.2 Å². The SMILES string of the molecule is CC1(C)CCCN(C(=O)CN2C(=O)C(NC(=O)Nc3cccc(Cl)c3)CSc3ccccc32)C1. The van der Waals surface area contributed by atoms with Gasteiger partial charge >= 0.3 is 6.03 Å². The zero-order valence-electron chi connectivity index (χ0n) is 19.3. The van der Waals surface area contributed by atoms with E-state index in [0.29, 0.717) is 35.2 Å². The summed E-state index contributed by atoms with van der Waals surface area (Å²) >= 11 is 7.48. The van der Waals surface area contributed by atoms with Gasteiger partial charge in [-0.3, -0.25) is 9.59 Å². The lowest BCUT2D eigenvalue weighted by Gasteiger charge is -2.39. The maximum atomic E-state index is 13.6. The van der Waals surface area contributed by atoms with Crippen LogP contribution in [0.2, 0.25) is 5.02 Å². The van der Waals surface area contributed by atoms with E-state index in [2.05, 4.69) is 24.5 Å². The lowest BCUT2D eigenvalue weighted by atomic mass is 9.84. The van der Waals surface area contributed by atoms with Gasteiger partial charge in [0.15, 0.2) is 0 Å². The predicted molar refractivity (Wildman–Crippen MR) is 137 cm³/mol. The molecular formula is C25H29ClN4O3S. The van der Waals surface area contributed by atoms with E-state index in [9.17, 15) is 14.4 Å². The summed E-state index contributed by atoms with van der Waals surface area (Å²) in [5.74, 6) is -0.0199. The van der Waals surface area contributed by atoms with E-state index in [1.165, 1.54) is 16.7 Å². The van der Waals surface area contributed by atoms with E-state index in [1.54, 1.807) is 24.3 Å². The van der Waals surface area contributed by atoms with Gasteiger partial charge in [-0.15, -0.1) is 11.8 Å². The summed E-state index contributed by atoms with van der Waals surface area (Å²) in [6, 6.07) is 13.0. The Balaban J connectivity index is 1.51. The first-order chi connectivity index (χ1) is 16.2. The van der Waals surface area contributed by atoms with E-state index in [4.69, 9.17) is 11.6 Å². The molecule has 4 rings (SSSR count). The Bertz CT molecular complexity index is 1090. The monoisotopic (exact) mass is 500 g/mol. The van der Waals surface area contributed by atoms with Crippen LogP contribution in [0.4, 0.5) is 16.2 Å². The lowest BCUT2D eigenvalue weighted by Crippen LogP contribution is -2.54. The minimum atomic E-state index is -0.790. The molecule has 7 nitrogen and oxygen atoms in total. The second-order valence-corrected chi connectivity index (χ2v) is 10.9. The second-order valence-electron chi connectivity index (χ2n) is 9.45. The number of amides is 4. The third-order valence-electron chi connectivity index (χ3n) is 6.06. The van der Waals surface area contributed by atoms with Gasteiger partial charge in [-0.1, -0.05) is 43.6 Å². The number of piperidine rings is 1. The van der Waals surface area contributed by atoms with Crippen molar-refractivity contribution in [1.82, 2.24) is 10.2 Å². The van der Waals surface area contributed by atoms with Gasteiger partial charge in [0.1, 0.15) is 12.6 Å². The van der Waals surface area contributed by atoms with Crippen molar-refractivity contribution in [2.45, 2.75) is 37.6 Å². The molecule has 2 aromatic carbocycles.